The number of H-pyrrole nitrogens is 1. The number of hydrogen-bond acceptors (Lipinski definition) is 3. The van der Waals surface area contributed by atoms with Gasteiger partial charge in [-0.05, 0) is 23.9 Å². The highest BCUT2D eigenvalue weighted by atomic mass is 35.5. The van der Waals surface area contributed by atoms with Crippen molar-refractivity contribution >= 4 is 28.7 Å². The molecule has 1 aliphatic heterocycles. The Morgan fingerprint density at radius 3 is 2.41 bits per heavy atom. The summed E-state index contributed by atoms with van der Waals surface area (Å²) in [4.78, 5) is 19.6. The lowest BCUT2D eigenvalue weighted by Crippen LogP contribution is -2.47. The number of aromatic amines is 1. The number of imidazole rings is 1. The Kier molecular flexibility index (Phi) is 5.02. The normalized spacial score (nSPS) is 17.1. The van der Waals surface area contributed by atoms with Gasteiger partial charge in [-0.3, -0.25) is 4.79 Å². The van der Waals surface area contributed by atoms with Crippen molar-refractivity contribution in [2.24, 2.45) is 0 Å². The first-order valence-electron chi connectivity index (χ1n) is 7.80. The predicted molar refractivity (Wildman–Crippen MR) is 83.8 cm³/mol. The number of rotatable bonds is 3. The highest BCUT2D eigenvalue weighted by Gasteiger charge is 2.39. The smallest absolute Gasteiger partial charge is 0.342 e. The third kappa shape index (κ3) is 4.29. The first-order valence-corrected chi connectivity index (χ1v) is 8.14. The topological polar surface area (TPSA) is 52.2 Å². The molecule has 1 fully saturated rings. The largest absolute Gasteiger partial charge is 0.418 e. The minimum Gasteiger partial charge on any atom is -0.342 e. The molecule has 12 heteroatoms. The van der Waals surface area contributed by atoms with Crippen molar-refractivity contribution in [2.45, 2.75) is 18.8 Å². The zero-order valence-electron chi connectivity index (χ0n) is 13.6. The summed E-state index contributed by atoms with van der Waals surface area (Å²) in [6.45, 7) is 0.945. The Balaban J connectivity index is 1.89. The summed E-state index contributed by atoms with van der Waals surface area (Å²) in [5.41, 5.74) is -3.81. The van der Waals surface area contributed by atoms with E-state index in [1.54, 1.807) is 0 Å². The zero-order chi connectivity index (χ0) is 20.0. The molecule has 1 amide bonds. The molecule has 0 radical (unpaired) electrons. The summed E-state index contributed by atoms with van der Waals surface area (Å²) < 4.78 is 79.5. The Morgan fingerprint density at radius 1 is 1.11 bits per heavy atom. The molecule has 0 atom stereocenters. The monoisotopic (exact) mass is 414 g/mol. The van der Waals surface area contributed by atoms with Crippen LogP contribution in [0.25, 0.3) is 11.0 Å². The van der Waals surface area contributed by atoms with Gasteiger partial charge < -0.3 is 9.88 Å². The molecule has 1 aliphatic rings. The van der Waals surface area contributed by atoms with Gasteiger partial charge in [0.15, 0.2) is 0 Å². The third-order valence-corrected chi connectivity index (χ3v) is 4.45. The van der Waals surface area contributed by atoms with Crippen LogP contribution in [0.5, 0.6) is 0 Å². The van der Waals surface area contributed by atoms with Crippen LogP contribution in [-0.4, -0.2) is 51.4 Å². The summed E-state index contributed by atoms with van der Waals surface area (Å²) in [6.07, 6.45) is -9.84. The van der Waals surface area contributed by atoms with Gasteiger partial charge in [-0.15, -0.1) is 0 Å². The quantitative estimate of drug-likeness (QED) is 0.618. The molecule has 1 N–H and O–H groups in total. The molecule has 2 aromatic rings. The molecule has 1 aromatic carbocycles. The molecule has 0 saturated carbocycles. The summed E-state index contributed by atoms with van der Waals surface area (Å²) in [7, 11) is 0. The van der Waals surface area contributed by atoms with Crippen molar-refractivity contribution in [3.05, 3.63) is 29.1 Å². The van der Waals surface area contributed by atoms with Crippen molar-refractivity contribution in [3.63, 3.8) is 0 Å². The zero-order valence-corrected chi connectivity index (χ0v) is 14.3. The fourth-order valence-electron chi connectivity index (χ4n) is 2.82. The Labute approximate surface area is 154 Å². The van der Waals surface area contributed by atoms with E-state index >= 15 is 0 Å². The third-order valence-electron chi connectivity index (χ3n) is 4.16. The van der Waals surface area contributed by atoms with Crippen LogP contribution in [0.3, 0.4) is 0 Å². The molecule has 0 unspecified atom stereocenters. The Bertz CT molecular complexity index is 862. The molecular weight excluding hydrogens is 402 g/mol. The summed E-state index contributed by atoms with van der Waals surface area (Å²) >= 11 is 5.73. The van der Waals surface area contributed by atoms with Crippen LogP contribution in [-0.2, 0) is 23.6 Å². The van der Waals surface area contributed by atoms with E-state index in [0.29, 0.717) is 19.2 Å². The lowest BCUT2D eigenvalue weighted by molar-refractivity contribution is -0.142. The van der Waals surface area contributed by atoms with E-state index in [-0.39, 0.29) is 42.8 Å². The van der Waals surface area contributed by atoms with Crippen LogP contribution in [0.4, 0.5) is 26.3 Å². The molecule has 0 spiro atoms. The first-order chi connectivity index (χ1) is 12.4. The van der Waals surface area contributed by atoms with Gasteiger partial charge in [-0.1, -0.05) is 0 Å². The number of fused-ring (bicyclic) bond motifs is 1. The standard InChI is InChI=1S/C15H13ClF6N4O/c16-26-4-3-25(12(27)7-26)2-1-11-23-10-6-8(14(17,18)19)5-9(13(10)24-11)15(20,21)22/h5-6H,1-4,7H2,(H,23,24). The Morgan fingerprint density at radius 2 is 1.81 bits per heavy atom. The van der Waals surface area contributed by atoms with Crippen LogP contribution >= 0.6 is 11.8 Å². The number of carbonyl (C=O) groups excluding carboxylic acids is 1. The number of amides is 1. The number of aromatic nitrogens is 2. The number of carbonyl (C=O) groups is 1. The molecule has 0 bridgehead atoms. The van der Waals surface area contributed by atoms with Crippen LogP contribution < -0.4 is 0 Å². The molecule has 3 rings (SSSR count). The molecule has 1 saturated heterocycles. The first kappa shape index (κ1) is 19.7. The second-order valence-electron chi connectivity index (χ2n) is 6.07. The summed E-state index contributed by atoms with van der Waals surface area (Å²) in [5, 5.41) is 0. The molecule has 2 heterocycles. The lowest BCUT2D eigenvalue weighted by Gasteiger charge is -2.30. The van der Waals surface area contributed by atoms with Crippen molar-refractivity contribution in [2.75, 3.05) is 26.2 Å². The molecular formula is C15H13ClF6N4O. The highest BCUT2D eigenvalue weighted by molar-refractivity contribution is 6.14. The second-order valence-corrected chi connectivity index (χ2v) is 6.55. The average Bonchev–Trinajstić information content (AvgIpc) is 2.94. The highest BCUT2D eigenvalue weighted by Crippen LogP contribution is 2.39. The van der Waals surface area contributed by atoms with E-state index in [4.69, 9.17) is 11.8 Å². The summed E-state index contributed by atoms with van der Waals surface area (Å²) in [5.74, 6) is -0.182. The van der Waals surface area contributed by atoms with Gasteiger partial charge in [-0.2, -0.15) is 26.3 Å². The maximum absolute atomic E-state index is 13.2. The fourth-order valence-corrected chi connectivity index (χ4v) is 3.00. The maximum atomic E-state index is 13.2. The number of alkyl halides is 6. The maximum Gasteiger partial charge on any atom is 0.418 e. The number of nitrogens with one attached hydrogen (secondary N) is 1. The van der Waals surface area contributed by atoms with Crippen molar-refractivity contribution < 1.29 is 31.1 Å². The molecule has 5 nitrogen and oxygen atoms in total. The van der Waals surface area contributed by atoms with Crippen LogP contribution in [0, 0.1) is 0 Å². The molecule has 148 valence electrons. The predicted octanol–water partition coefficient (Wildman–Crippen LogP) is 3.44. The van der Waals surface area contributed by atoms with Gasteiger partial charge in [0, 0.05) is 26.1 Å². The van der Waals surface area contributed by atoms with E-state index < -0.39 is 29.0 Å². The van der Waals surface area contributed by atoms with E-state index in [1.807, 2.05) is 0 Å². The van der Waals surface area contributed by atoms with E-state index in [0.717, 1.165) is 0 Å². The van der Waals surface area contributed by atoms with E-state index in [1.165, 1.54) is 9.32 Å². The van der Waals surface area contributed by atoms with Crippen LogP contribution in [0.15, 0.2) is 12.1 Å². The molecule has 0 aliphatic carbocycles. The van der Waals surface area contributed by atoms with Gasteiger partial charge in [0.05, 0.1) is 23.2 Å². The minimum absolute atomic E-state index is 0.00878. The average molecular weight is 415 g/mol. The summed E-state index contributed by atoms with van der Waals surface area (Å²) in [6, 6.07) is 0.647. The molecule has 27 heavy (non-hydrogen) atoms. The number of benzene rings is 1. The van der Waals surface area contributed by atoms with E-state index in [2.05, 4.69) is 9.97 Å². The van der Waals surface area contributed by atoms with Gasteiger partial charge in [-0.25, -0.2) is 9.40 Å². The Hall–Kier alpha value is -2.01. The van der Waals surface area contributed by atoms with Gasteiger partial charge in [0.25, 0.3) is 0 Å². The van der Waals surface area contributed by atoms with Gasteiger partial charge in [0.1, 0.15) is 11.3 Å². The minimum atomic E-state index is -4.99. The number of nitrogens with zero attached hydrogens (tertiary/aromatic N) is 3. The fraction of sp³-hybridized carbons (Fsp3) is 0.467. The van der Waals surface area contributed by atoms with E-state index in [9.17, 15) is 31.1 Å². The van der Waals surface area contributed by atoms with Gasteiger partial charge in [0.2, 0.25) is 5.91 Å². The van der Waals surface area contributed by atoms with Crippen molar-refractivity contribution in [1.29, 1.82) is 0 Å². The number of piperazine rings is 1. The van der Waals surface area contributed by atoms with Crippen LogP contribution in [0.2, 0.25) is 0 Å². The SMILES string of the molecule is O=C1CN(Cl)CCN1CCc1nc2c(C(F)(F)F)cc(C(F)(F)F)cc2[nH]1. The van der Waals surface area contributed by atoms with Crippen molar-refractivity contribution in [3.8, 4) is 0 Å². The molecule has 1 aromatic heterocycles. The van der Waals surface area contributed by atoms with Crippen molar-refractivity contribution in [1.82, 2.24) is 19.3 Å². The number of hydrogen-bond donors (Lipinski definition) is 1. The lowest BCUT2D eigenvalue weighted by atomic mass is 10.1. The number of halogens is 7. The van der Waals surface area contributed by atoms with Gasteiger partial charge >= 0.3 is 12.4 Å². The van der Waals surface area contributed by atoms with Crippen LogP contribution in [0.1, 0.15) is 17.0 Å². The second kappa shape index (κ2) is 6.86.